The molecule has 0 radical (unpaired) electrons. The second-order valence-electron chi connectivity index (χ2n) is 12.9. The molecule has 0 aliphatic carbocycles. The van der Waals surface area contributed by atoms with Crippen LogP contribution in [0.1, 0.15) is 67.4 Å². The van der Waals surface area contributed by atoms with Gasteiger partial charge in [-0.2, -0.15) is 4.31 Å². The number of hydrogen-bond donors (Lipinski definition) is 2. The molecule has 270 valence electrons. The number of likely N-dealkylation sites (N-methyl/N-ethyl adjacent to an activating group) is 1. The van der Waals surface area contributed by atoms with Crippen LogP contribution in [0.5, 0.6) is 5.75 Å². The Morgan fingerprint density at radius 3 is 2.39 bits per heavy atom. The highest BCUT2D eigenvalue weighted by Gasteiger charge is 2.33. The van der Waals surface area contributed by atoms with Crippen molar-refractivity contribution in [2.24, 2.45) is 5.92 Å². The van der Waals surface area contributed by atoms with E-state index in [1.54, 1.807) is 37.3 Å². The average Bonchev–Trinajstić information content (AvgIpc) is 3.40. The van der Waals surface area contributed by atoms with Crippen molar-refractivity contribution in [2.75, 3.05) is 38.1 Å². The molecular weight excluding hydrogens is 673 g/mol. The molecule has 0 saturated heterocycles. The number of aromatic nitrogens is 1. The molecule has 2 aromatic carbocycles. The van der Waals surface area contributed by atoms with Crippen molar-refractivity contribution in [1.29, 1.82) is 0 Å². The maximum atomic E-state index is 14.4. The van der Waals surface area contributed by atoms with E-state index in [1.807, 2.05) is 20.8 Å². The molecule has 0 saturated carbocycles. The molecule has 1 amide bonds. The molecule has 0 bridgehead atoms. The van der Waals surface area contributed by atoms with Crippen LogP contribution >= 0.6 is 0 Å². The molecule has 13 nitrogen and oxygen atoms in total. The van der Waals surface area contributed by atoms with Gasteiger partial charge in [0, 0.05) is 38.3 Å². The van der Waals surface area contributed by atoms with Gasteiger partial charge >= 0.3 is 0 Å². The number of rotatable bonds is 9. The molecule has 0 fully saturated rings. The summed E-state index contributed by atoms with van der Waals surface area (Å²) in [5, 5.41) is 14.0. The predicted molar refractivity (Wildman–Crippen MR) is 185 cm³/mol. The van der Waals surface area contributed by atoms with Crippen LogP contribution in [0.25, 0.3) is 0 Å². The van der Waals surface area contributed by atoms with E-state index in [0.717, 1.165) is 12.0 Å². The number of sulfonamides is 2. The first-order valence-electron chi connectivity index (χ1n) is 16.4. The molecule has 1 aromatic heterocycles. The Hall–Kier alpha value is -3.50. The van der Waals surface area contributed by atoms with Gasteiger partial charge in [-0.3, -0.25) is 9.52 Å². The zero-order valence-electron chi connectivity index (χ0n) is 29.2. The van der Waals surface area contributed by atoms with E-state index in [0.29, 0.717) is 19.4 Å². The zero-order valence-corrected chi connectivity index (χ0v) is 30.8. The van der Waals surface area contributed by atoms with Crippen molar-refractivity contribution in [3.8, 4) is 5.75 Å². The number of carbonyl (C=O) groups is 1. The Labute approximate surface area is 289 Å². The second kappa shape index (κ2) is 16.0. The van der Waals surface area contributed by atoms with Gasteiger partial charge in [0.1, 0.15) is 11.4 Å². The summed E-state index contributed by atoms with van der Waals surface area (Å²) in [4.78, 5) is 16.0. The molecule has 49 heavy (non-hydrogen) atoms. The van der Waals surface area contributed by atoms with Crippen LogP contribution in [0.3, 0.4) is 0 Å². The third kappa shape index (κ3) is 9.19. The van der Waals surface area contributed by atoms with Gasteiger partial charge in [0.05, 0.1) is 35.3 Å². The fraction of sp³-hybridized carbons (Fsp3) is 0.529. The number of ether oxygens (including phenoxy) is 2. The van der Waals surface area contributed by atoms with Crippen molar-refractivity contribution in [2.45, 2.75) is 88.8 Å². The zero-order chi connectivity index (χ0) is 36.1. The first-order valence-corrected chi connectivity index (χ1v) is 19.3. The number of hydrogen-bond acceptors (Lipinski definition) is 10. The maximum absolute atomic E-state index is 14.4. The van der Waals surface area contributed by atoms with E-state index < -0.39 is 38.1 Å². The van der Waals surface area contributed by atoms with Gasteiger partial charge in [-0.05, 0) is 84.2 Å². The van der Waals surface area contributed by atoms with Crippen molar-refractivity contribution in [1.82, 2.24) is 14.4 Å². The molecule has 0 unspecified atom stereocenters. The molecule has 2 N–H and O–H groups in total. The summed E-state index contributed by atoms with van der Waals surface area (Å²) in [6.45, 7) is 10.5. The lowest BCUT2D eigenvalue weighted by Crippen LogP contribution is -2.48. The number of anilines is 1. The molecule has 4 atom stereocenters. The minimum atomic E-state index is -4.11. The van der Waals surface area contributed by atoms with Crippen LogP contribution in [0.4, 0.5) is 5.69 Å². The smallest absolute Gasteiger partial charge is 0.267 e. The number of aliphatic hydroxyl groups is 1. The van der Waals surface area contributed by atoms with E-state index in [2.05, 4.69) is 9.88 Å². The highest BCUT2D eigenvalue weighted by atomic mass is 32.2. The minimum Gasteiger partial charge on any atom is -0.490 e. The normalized spacial score (nSPS) is 20.7. The Balaban J connectivity index is 1.69. The molecular formula is C34H48N4O9S2. The lowest BCUT2D eigenvalue weighted by molar-refractivity contribution is -0.00833. The average molecular weight is 721 g/mol. The van der Waals surface area contributed by atoms with Gasteiger partial charge in [0.15, 0.2) is 10.7 Å². The van der Waals surface area contributed by atoms with Gasteiger partial charge < -0.3 is 24.0 Å². The molecule has 0 spiro atoms. The molecule has 15 heteroatoms. The second-order valence-corrected chi connectivity index (χ2v) is 16.5. The van der Waals surface area contributed by atoms with Gasteiger partial charge in [0.2, 0.25) is 10.0 Å². The molecule has 4 rings (SSSR count). The van der Waals surface area contributed by atoms with Crippen molar-refractivity contribution < 1.29 is 40.7 Å². The van der Waals surface area contributed by atoms with Crippen molar-refractivity contribution >= 4 is 31.6 Å². The Bertz CT molecular complexity index is 1790. The lowest BCUT2D eigenvalue weighted by Gasteiger charge is -2.35. The summed E-state index contributed by atoms with van der Waals surface area (Å²) in [7, 11) is -6.43. The summed E-state index contributed by atoms with van der Waals surface area (Å²) in [5.74, 6) is -0.469. The van der Waals surface area contributed by atoms with E-state index in [1.165, 1.54) is 42.2 Å². The van der Waals surface area contributed by atoms with Crippen molar-refractivity contribution in [3.05, 3.63) is 65.0 Å². The third-order valence-corrected chi connectivity index (χ3v) is 12.2. The Morgan fingerprint density at radius 2 is 1.76 bits per heavy atom. The molecule has 2 heterocycles. The monoisotopic (exact) mass is 720 g/mol. The summed E-state index contributed by atoms with van der Waals surface area (Å²) >= 11 is 0. The summed E-state index contributed by atoms with van der Waals surface area (Å²) in [6.07, 6.45) is 1.23. The fourth-order valence-electron chi connectivity index (χ4n) is 5.75. The first-order chi connectivity index (χ1) is 23.0. The number of fused-ring (bicyclic) bond motifs is 1. The highest BCUT2D eigenvalue weighted by molar-refractivity contribution is 7.92. The standard InChI is InChI=1S/C34H48N4O9S2/c1-22-11-14-29(15-12-22)49(43,44)37(7)20-32-23(2)19-38(24(3)21-39)34(40)30-18-28(36-48(41,42)33-26(5)35-47-27(33)6)13-16-31(30)46-25(4)10-8-9-17-45-32/h11-16,18,23-25,32,36,39H,8-10,17,19-21H2,1-7H3/t23-,24+,25+,32-/m0/s1. The number of carbonyl (C=O) groups excluding carboxylic acids is 1. The molecule has 3 aromatic rings. The van der Waals surface area contributed by atoms with E-state index >= 15 is 0 Å². The van der Waals surface area contributed by atoms with E-state index in [-0.39, 0.29) is 70.0 Å². The fourth-order valence-corrected chi connectivity index (χ4v) is 8.32. The van der Waals surface area contributed by atoms with E-state index in [4.69, 9.17) is 14.0 Å². The number of amides is 1. The van der Waals surface area contributed by atoms with Crippen LogP contribution in [0.15, 0.2) is 56.8 Å². The summed E-state index contributed by atoms with van der Waals surface area (Å²) in [6, 6.07) is 10.5. The summed E-state index contributed by atoms with van der Waals surface area (Å²) < 4.78 is 75.0. The highest BCUT2D eigenvalue weighted by Crippen LogP contribution is 2.30. The number of nitrogens with zero attached hydrogens (tertiary/aromatic N) is 3. The number of nitrogens with one attached hydrogen (secondary N) is 1. The molecule has 1 aliphatic rings. The van der Waals surface area contributed by atoms with Gasteiger partial charge in [-0.15, -0.1) is 0 Å². The summed E-state index contributed by atoms with van der Waals surface area (Å²) in [5.41, 5.74) is 1.37. The topological polar surface area (TPSA) is 169 Å². The largest absolute Gasteiger partial charge is 0.490 e. The van der Waals surface area contributed by atoms with Crippen LogP contribution in [-0.4, -0.2) is 93.8 Å². The van der Waals surface area contributed by atoms with Crippen molar-refractivity contribution in [3.63, 3.8) is 0 Å². The van der Waals surface area contributed by atoms with Gasteiger partial charge in [0.25, 0.3) is 15.9 Å². The van der Waals surface area contributed by atoms with Crippen LogP contribution in [0.2, 0.25) is 0 Å². The first kappa shape index (κ1) is 38.3. The van der Waals surface area contributed by atoms with Crippen LogP contribution in [-0.2, 0) is 24.8 Å². The predicted octanol–water partition coefficient (Wildman–Crippen LogP) is 4.52. The van der Waals surface area contributed by atoms with Gasteiger partial charge in [-0.1, -0.05) is 29.8 Å². The Kier molecular flexibility index (Phi) is 12.5. The van der Waals surface area contributed by atoms with Crippen LogP contribution in [0, 0.1) is 26.7 Å². The van der Waals surface area contributed by atoms with Gasteiger partial charge in [-0.25, -0.2) is 16.8 Å². The number of aliphatic hydroxyl groups excluding tert-OH is 1. The number of aryl methyl sites for hydroxylation is 3. The quantitative estimate of drug-likeness (QED) is 0.321. The third-order valence-electron chi connectivity index (χ3n) is 8.71. The lowest BCUT2D eigenvalue weighted by atomic mass is 10.0. The number of benzene rings is 2. The maximum Gasteiger partial charge on any atom is 0.267 e. The van der Waals surface area contributed by atoms with Crippen LogP contribution < -0.4 is 9.46 Å². The minimum absolute atomic E-state index is 0.0383. The Morgan fingerprint density at radius 1 is 1.06 bits per heavy atom. The SMILES string of the molecule is Cc1ccc(S(=O)(=O)N(C)C[C@@H]2OCCCC[C@@H](C)Oc3ccc(NS(=O)(=O)c4c(C)noc4C)cc3C(=O)N([C@H](C)CO)C[C@@H]2C)cc1. The van der Waals surface area contributed by atoms with E-state index in [9.17, 15) is 26.7 Å². The molecule has 1 aliphatic heterocycles.